The standard InChI is InChI=1S/C25H24N2O5S2/c1-20-10-12-23(13-11-20)34(30,31)32-17-16-27(19-21-6-3-2-4-7-21)33(28,29)25-9-5-8-22-18-26-15-14-24(22)25/h2-15,18H,16-17,19H2,1H3. The molecule has 0 spiro atoms. The smallest absolute Gasteiger partial charge is 0.265 e. The maximum atomic E-state index is 13.7. The van der Waals surface area contributed by atoms with E-state index in [1.165, 1.54) is 16.4 Å². The van der Waals surface area contributed by atoms with Crippen molar-refractivity contribution in [2.24, 2.45) is 0 Å². The number of fused-ring (bicyclic) bond motifs is 1. The molecule has 0 unspecified atom stereocenters. The summed E-state index contributed by atoms with van der Waals surface area (Å²) in [6.45, 7) is 1.45. The molecule has 4 rings (SSSR count). The van der Waals surface area contributed by atoms with Crippen molar-refractivity contribution < 1.29 is 21.0 Å². The molecule has 1 aromatic heterocycles. The summed E-state index contributed by atoms with van der Waals surface area (Å²) in [4.78, 5) is 4.22. The van der Waals surface area contributed by atoms with Crippen LogP contribution < -0.4 is 0 Å². The van der Waals surface area contributed by atoms with Gasteiger partial charge in [0.15, 0.2) is 0 Å². The second kappa shape index (κ2) is 10.0. The Bertz CT molecular complexity index is 1480. The van der Waals surface area contributed by atoms with Crippen molar-refractivity contribution in [2.75, 3.05) is 13.2 Å². The van der Waals surface area contributed by atoms with Crippen LogP contribution in [0, 0.1) is 6.92 Å². The molecule has 1 heterocycles. The number of aromatic nitrogens is 1. The Hall–Kier alpha value is -3.11. The molecule has 0 amide bonds. The van der Waals surface area contributed by atoms with Crippen LogP contribution in [-0.4, -0.2) is 39.3 Å². The number of pyridine rings is 1. The lowest BCUT2D eigenvalue weighted by Crippen LogP contribution is -2.34. The van der Waals surface area contributed by atoms with E-state index in [4.69, 9.17) is 4.18 Å². The van der Waals surface area contributed by atoms with Crippen LogP contribution in [-0.2, 0) is 30.9 Å². The van der Waals surface area contributed by atoms with Gasteiger partial charge in [-0.1, -0.05) is 60.2 Å². The molecule has 0 atom stereocenters. The molecule has 0 bridgehead atoms. The van der Waals surface area contributed by atoms with E-state index in [1.807, 2.05) is 37.3 Å². The number of benzene rings is 3. The molecule has 0 fully saturated rings. The van der Waals surface area contributed by atoms with Gasteiger partial charge < -0.3 is 0 Å². The third-order valence-electron chi connectivity index (χ3n) is 5.35. The molecule has 0 radical (unpaired) electrons. The van der Waals surface area contributed by atoms with Crippen molar-refractivity contribution in [1.82, 2.24) is 9.29 Å². The Balaban J connectivity index is 1.62. The fraction of sp³-hybridized carbons (Fsp3) is 0.160. The molecule has 0 N–H and O–H groups in total. The average Bonchev–Trinajstić information content (AvgIpc) is 2.84. The summed E-state index contributed by atoms with van der Waals surface area (Å²) in [6, 6.07) is 22.1. The summed E-state index contributed by atoms with van der Waals surface area (Å²) < 4.78 is 59.0. The van der Waals surface area contributed by atoms with Gasteiger partial charge in [-0.05, 0) is 36.8 Å². The number of sulfonamides is 1. The number of hydrogen-bond donors (Lipinski definition) is 0. The van der Waals surface area contributed by atoms with Crippen LogP contribution in [0.1, 0.15) is 11.1 Å². The van der Waals surface area contributed by atoms with Gasteiger partial charge in [-0.3, -0.25) is 9.17 Å². The van der Waals surface area contributed by atoms with E-state index in [1.54, 1.807) is 48.8 Å². The van der Waals surface area contributed by atoms with Gasteiger partial charge in [0.2, 0.25) is 10.0 Å². The first-order chi connectivity index (χ1) is 16.3. The fourth-order valence-corrected chi connectivity index (χ4v) is 6.08. The van der Waals surface area contributed by atoms with Gasteiger partial charge in [0.1, 0.15) is 0 Å². The normalized spacial score (nSPS) is 12.3. The van der Waals surface area contributed by atoms with Gasteiger partial charge in [0.05, 0.1) is 16.4 Å². The third kappa shape index (κ3) is 5.34. The third-order valence-corrected chi connectivity index (χ3v) is 8.58. The number of nitrogens with zero attached hydrogens (tertiary/aromatic N) is 2. The second-order valence-electron chi connectivity index (χ2n) is 7.77. The predicted molar refractivity (Wildman–Crippen MR) is 130 cm³/mol. The number of hydrogen-bond acceptors (Lipinski definition) is 6. The molecular formula is C25H24N2O5S2. The largest absolute Gasteiger partial charge is 0.297 e. The van der Waals surface area contributed by atoms with Gasteiger partial charge >= 0.3 is 0 Å². The summed E-state index contributed by atoms with van der Waals surface area (Å²) in [7, 11) is -8.00. The molecule has 34 heavy (non-hydrogen) atoms. The van der Waals surface area contributed by atoms with E-state index in [0.29, 0.717) is 10.8 Å². The molecule has 0 saturated heterocycles. The first kappa shape index (κ1) is 24.0. The second-order valence-corrected chi connectivity index (χ2v) is 11.3. The van der Waals surface area contributed by atoms with E-state index < -0.39 is 20.1 Å². The van der Waals surface area contributed by atoms with Gasteiger partial charge in [-0.15, -0.1) is 0 Å². The Morgan fingerprint density at radius 1 is 0.853 bits per heavy atom. The highest BCUT2D eigenvalue weighted by Crippen LogP contribution is 2.26. The molecule has 9 heteroatoms. The Labute approximate surface area is 199 Å². The SMILES string of the molecule is Cc1ccc(S(=O)(=O)OCCN(Cc2ccccc2)S(=O)(=O)c2cccc3cnccc23)cc1. The molecule has 176 valence electrons. The van der Waals surface area contributed by atoms with E-state index in [0.717, 1.165) is 11.1 Å². The highest BCUT2D eigenvalue weighted by Gasteiger charge is 2.27. The monoisotopic (exact) mass is 496 g/mol. The van der Waals surface area contributed by atoms with Crippen LogP contribution in [0.2, 0.25) is 0 Å². The van der Waals surface area contributed by atoms with Gasteiger partial charge in [-0.2, -0.15) is 12.7 Å². The summed E-state index contributed by atoms with van der Waals surface area (Å²) in [5, 5.41) is 1.24. The molecule has 4 aromatic rings. The van der Waals surface area contributed by atoms with Crippen molar-refractivity contribution in [3.8, 4) is 0 Å². The molecule has 0 aliphatic carbocycles. The molecular weight excluding hydrogens is 472 g/mol. The fourth-order valence-electron chi connectivity index (χ4n) is 3.55. The zero-order valence-electron chi connectivity index (χ0n) is 18.5. The maximum absolute atomic E-state index is 13.7. The van der Waals surface area contributed by atoms with E-state index in [2.05, 4.69) is 4.98 Å². The number of aryl methyl sites for hydroxylation is 1. The minimum atomic E-state index is -4.02. The van der Waals surface area contributed by atoms with Crippen LogP contribution in [0.3, 0.4) is 0 Å². The summed E-state index contributed by atoms with van der Waals surface area (Å²) in [6.07, 6.45) is 3.15. The average molecular weight is 497 g/mol. The van der Waals surface area contributed by atoms with Crippen molar-refractivity contribution in [1.29, 1.82) is 0 Å². The molecule has 7 nitrogen and oxygen atoms in total. The van der Waals surface area contributed by atoms with Gasteiger partial charge in [0, 0.05) is 36.3 Å². The topological polar surface area (TPSA) is 93.6 Å². The summed E-state index contributed by atoms with van der Waals surface area (Å²) in [5.41, 5.74) is 1.69. The quantitative estimate of drug-likeness (QED) is 0.323. The Morgan fingerprint density at radius 3 is 2.32 bits per heavy atom. The summed E-state index contributed by atoms with van der Waals surface area (Å²) in [5.74, 6) is 0. The molecule has 3 aromatic carbocycles. The minimum absolute atomic E-state index is 0.0251. The highest BCUT2D eigenvalue weighted by atomic mass is 32.2. The van der Waals surface area contributed by atoms with Crippen molar-refractivity contribution in [3.05, 3.63) is 102 Å². The van der Waals surface area contributed by atoms with Crippen molar-refractivity contribution in [2.45, 2.75) is 23.3 Å². The lowest BCUT2D eigenvalue weighted by molar-refractivity contribution is 0.273. The Morgan fingerprint density at radius 2 is 1.59 bits per heavy atom. The van der Waals surface area contributed by atoms with Gasteiger partial charge in [0.25, 0.3) is 10.1 Å². The highest BCUT2D eigenvalue weighted by molar-refractivity contribution is 7.89. The number of rotatable bonds is 9. The van der Waals surface area contributed by atoms with Crippen LogP contribution in [0.4, 0.5) is 0 Å². The molecule has 0 aliphatic heterocycles. The minimum Gasteiger partial charge on any atom is -0.265 e. The van der Waals surface area contributed by atoms with E-state index in [-0.39, 0.29) is 29.5 Å². The Kier molecular flexibility index (Phi) is 7.08. The van der Waals surface area contributed by atoms with Gasteiger partial charge in [-0.25, -0.2) is 8.42 Å². The first-order valence-corrected chi connectivity index (χ1v) is 13.5. The molecule has 0 saturated carbocycles. The lowest BCUT2D eigenvalue weighted by Gasteiger charge is -2.23. The molecule has 0 aliphatic rings. The van der Waals surface area contributed by atoms with E-state index in [9.17, 15) is 16.8 Å². The lowest BCUT2D eigenvalue weighted by atomic mass is 10.2. The van der Waals surface area contributed by atoms with Crippen LogP contribution in [0.15, 0.2) is 101 Å². The zero-order chi connectivity index (χ0) is 24.2. The first-order valence-electron chi connectivity index (χ1n) is 10.6. The summed E-state index contributed by atoms with van der Waals surface area (Å²) >= 11 is 0. The van der Waals surface area contributed by atoms with Crippen molar-refractivity contribution in [3.63, 3.8) is 0 Å². The van der Waals surface area contributed by atoms with Crippen LogP contribution in [0.5, 0.6) is 0 Å². The predicted octanol–water partition coefficient (Wildman–Crippen LogP) is 4.14. The zero-order valence-corrected chi connectivity index (χ0v) is 20.2. The van der Waals surface area contributed by atoms with Crippen LogP contribution >= 0.6 is 0 Å². The van der Waals surface area contributed by atoms with Crippen molar-refractivity contribution >= 4 is 30.9 Å². The van der Waals surface area contributed by atoms with E-state index >= 15 is 0 Å². The maximum Gasteiger partial charge on any atom is 0.297 e. The van der Waals surface area contributed by atoms with Crippen LogP contribution in [0.25, 0.3) is 10.8 Å².